The van der Waals surface area contributed by atoms with Crippen molar-refractivity contribution >= 4 is 11.8 Å². The van der Waals surface area contributed by atoms with Gasteiger partial charge in [-0.3, -0.25) is 0 Å². The number of nitrogens with one attached hydrogen (secondary N) is 1. The molecule has 0 aliphatic heterocycles. The van der Waals surface area contributed by atoms with Crippen molar-refractivity contribution in [2.45, 2.75) is 6.42 Å². The smallest absolute Gasteiger partial charge is 0.358 e. The molecule has 0 unspecified atom stereocenters. The van der Waals surface area contributed by atoms with Crippen molar-refractivity contribution < 1.29 is 9.53 Å². The summed E-state index contributed by atoms with van der Waals surface area (Å²) in [6.07, 6.45) is 5.70. The van der Waals surface area contributed by atoms with Crippen LogP contribution in [0.4, 0.5) is 5.82 Å². The molecule has 1 N–H and O–H groups in total. The number of carbonyl (C=O) groups is 1. The third-order valence-corrected chi connectivity index (χ3v) is 1.63. The molecule has 0 aliphatic rings. The number of esters is 1. The van der Waals surface area contributed by atoms with Crippen molar-refractivity contribution in [3.05, 3.63) is 17.8 Å². The van der Waals surface area contributed by atoms with Crippen molar-refractivity contribution in [1.29, 1.82) is 0 Å². The Balaban J connectivity index is 2.57. The molecule has 1 aromatic heterocycles. The highest BCUT2D eigenvalue weighted by atomic mass is 16.5. The van der Waals surface area contributed by atoms with E-state index in [-0.39, 0.29) is 5.69 Å². The zero-order valence-electron chi connectivity index (χ0n) is 8.36. The number of hydrogen-bond acceptors (Lipinski definition) is 5. The third kappa shape index (κ3) is 3.27. The van der Waals surface area contributed by atoms with Crippen LogP contribution < -0.4 is 5.32 Å². The van der Waals surface area contributed by atoms with Gasteiger partial charge in [-0.05, 0) is 12.1 Å². The Morgan fingerprint density at radius 1 is 1.60 bits per heavy atom. The molecular formula is C10H11N3O2. The van der Waals surface area contributed by atoms with Gasteiger partial charge in [-0.25, -0.2) is 4.79 Å². The fourth-order valence-corrected chi connectivity index (χ4v) is 0.903. The number of hydrogen-bond donors (Lipinski definition) is 1. The fourth-order valence-electron chi connectivity index (χ4n) is 0.903. The summed E-state index contributed by atoms with van der Waals surface area (Å²) >= 11 is 0. The summed E-state index contributed by atoms with van der Waals surface area (Å²) in [6, 6.07) is 3.19. The lowest BCUT2D eigenvalue weighted by molar-refractivity contribution is 0.0593. The molecule has 0 radical (unpaired) electrons. The molecule has 0 bridgehead atoms. The Kier molecular flexibility index (Phi) is 4.10. The Morgan fingerprint density at radius 3 is 2.93 bits per heavy atom. The van der Waals surface area contributed by atoms with Gasteiger partial charge >= 0.3 is 5.97 Å². The number of methoxy groups -OCH3 is 1. The minimum atomic E-state index is -0.502. The lowest BCUT2D eigenvalue weighted by atomic mass is 10.4. The molecule has 0 aromatic carbocycles. The molecule has 0 spiro atoms. The van der Waals surface area contributed by atoms with Crippen molar-refractivity contribution in [1.82, 2.24) is 10.2 Å². The van der Waals surface area contributed by atoms with Crippen LogP contribution >= 0.6 is 0 Å². The van der Waals surface area contributed by atoms with Crippen LogP contribution in [0.15, 0.2) is 12.1 Å². The zero-order valence-corrected chi connectivity index (χ0v) is 8.36. The number of anilines is 1. The van der Waals surface area contributed by atoms with E-state index in [1.54, 1.807) is 6.07 Å². The maximum atomic E-state index is 11.0. The summed E-state index contributed by atoms with van der Waals surface area (Å²) in [6.45, 7) is 0.628. The second-order valence-corrected chi connectivity index (χ2v) is 2.68. The maximum absolute atomic E-state index is 11.0. The van der Waals surface area contributed by atoms with Gasteiger partial charge in [0.1, 0.15) is 5.82 Å². The van der Waals surface area contributed by atoms with Crippen LogP contribution in [0.5, 0.6) is 0 Å². The summed E-state index contributed by atoms with van der Waals surface area (Å²) < 4.78 is 4.49. The molecule has 15 heavy (non-hydrogen) atoms. The highest BCUT2D eigenvalue weighted by Crippen LogP contribution is 2.02. The maximum Gasteiger partial charge on any atom is 0.358 e. The molecule has 0 atom stereocenters. The predicted octanol–water partition coefficient (Wildman–Crippen LogP) is 0.698. The average molecular weight is 205 g/mol. The van der Waals surface area contributed by atoms with Crippen molar-refractivity contribution in [3.8, 4) is 12.3 Å². The van der Waals surface area contributed by atoms with E-state index >= 15 is 0 Å². The average Bonchev–Trinajstić information content (AvgIpc) is 2.29. The lowest BCUT2D eigenvalue weighted by Gasteiger charge is -2.02. The molecule has 0 saturated heterocycles. The van der Waals surface area contributed by atoms with Crippen molar-refractivity contribution in [2.75, 3.05) is 19.0 Å². The van der Waals surface area contributed by atoms with E-state index in [9.17, 15) is 4.79 Å². The second-order valence-electron chi connectivity index (χ2n) is 2.68. The summed E-state index contributed by atoms with van der Waals surface area (Å²) in [4.78, 5) is 11.0. The largest absolute Gasteiger partial charge is 0.464 e. The molecule has 78 valence electrons. The minimum Gasteiger partial charge on any atom is -0.464 e. The van der Waals surface area contributed by atoms with E-state index in [1.807, 2.05) is 0 Å². The lowest BCUT2D eigenvalue weighted by Crippen LogP contribution is -2.08. The van der Waals surface area contributed by atoms with E-state index in [0.717, 1.165) is 0 Å². The van der Waals surface area contributed by atoms with Gasteiger partial charge in [0, 0.05) is 13.0 Å². The molecule has 0 saturated carbocycles. The number of carbonyl (C=O) groups excluding carboxylic acids is 1. The SMILES string of the molecule is C#CCCNc1ccc(C(=O)OC)nn1. The Bertz CT molecular complexity index is 367. The second kappa shape index (κ2) is 5.60. The van der Waals surface area contributed by atoms with Crippen LogP contribution in [0.3, 0.4) is 0 Å². The number of aromatic nitrogens is 2. The number of rotatable bonds is 4. The van der Waals surface area contributed by atoms with Crippen LogP contribution in [0.25, 0.3) is 0 Å². The first-order valence-corrected chi connectivity index (χ1v) is 4.37. The Morgan fingerprint density at radius 2 is 2.40 bits per heavy atom. The standard InChI is InChI=1S/C10H11N3O2/c1-3-4-7-11-9-6-5-8(12-13-9)10(14)15-2/h1,5-6H,4,7H2,2H3,(H,11,13). The highest BCUT2D eigenvalue weighted by molar-refractivity contribution is 5.86. The number of terminal acetylenes is 1. The van der Waals surface area contributed by atoms with E-state index in [4.69, 9.17) is 6.42 Å². The topological polar surface area (TPSA) is 64.1 Å². The first kappa shape index (κ1) is 11.0. The molecule has 5 nitrogen and oxygen atoms in total. The predicted molar refractivity (Wildman–Crippen MR) is 55.3 cm³/mol. The Hall–Kier alpha value is -2.09. The molecule has 0 aliphatic carbocycles. The van der Waals surface area contributed by atoms with E-state index in [0.29, 0.717) is 18.8 Å². The van der Waals surface area contributed by atoms with Crippen LogP contribution in [0.1, 0.15) is 16.9 Å². The summed E-state index contributed by atoms with van der Waals surface area (Å²) in [5.41, 5.74) is 0.181. The normalized spacial score (nSPS) is 9.07. The Labute approximate surface area is 87.9 Å². The number of ether oxygens (including phenoxy) is 1. The molecule has 1 aromatic rings. The van der Waals surface area contributed by atoms with Gasteiger partial charge in [-0.2, -0.15) is 0 Å². The molecular weight excluding hydrogens is 194 g/mol. The monoisotopic (exact) mass is 205 g/mol. The van der Waals surface area contributed by atoms with E-state index in [2.05, 4.69) is 26.2 Å². The van der Waals surface area contributed by atoms with Crippen LogP contribution in [-0.4, -0.2) is 29.8 Å². The molecule has 0 fully saturated rings. The van der Waals surface area contributed by atoms with Gasteiger partial charge in [0.2, 0.25) is 0 Å². The van der Waals surface area contributed by atoms with Crippen molar-refractivity contribution in [3.63, 3.8) is 0 Å². The zero-order chi connectivity index (χ0) is 11.1. The van der Waals surface area contributed by atoms with Crippen LogP contribution in [0.2, 0.25) is 0 Å². The van der Waals surface area contributed by atoms with Gasteiger partial charge in [-0.15, -0.1) is 22.5 Å². The molecule has 0 amide bonds. The summed E-state index contributed by atoms with van der Waals surface area (Å²) in [5, 5.41) is 10.4. The van der Waals surface area contributed by atoms with Gasteiger partial charge in [-0.1, -0.05) is 0 Å². The van der Waals surface area contributed by atoms with E-state index < -0.39 is 5.97 Å². The van der Waals surface area contributed by atoms with Gasteiger partial charge in [0.05, 0.1) is 7.11 Å². The van der Waals surface area contributed by atoms with E-state index in [1.165, 1.54) is 13.2 Å². The molecule has 1 rings (SSSR count). The third-order valence-electron chi connectivity index (χ3n) is 1.63. The van der Waals surface area contributed by atoms with Crippen molar-refractivity contribution in [2.24, 2.45) is 0 Å². The molecule has 5 heteroatoms. The van der Waals surface area contributed by atoms with Gasteiger partial charge in [0.25, 0.3) is 0 Å². The first-order chi connectivity index (χ1) is 7.27. The summed E-state index contributed by atoms with van der Waals surface area (Å²) in [5.74, 6) is 2.57. The van der Waals surface area contributed by atoms with Gasteiger partial charge in [0.15, 0.2) is 5.69 Å². The quantitative estimate of drug-likeness (QED) is 0.445. The fraction of sp³-hybridized carbons (Fsp3) is 0.300. The first-order valence-electron chi connectivity index (χ1n) is 4.37. The summed E-state index contributed by atoms with van der Waals surface area (Å²) in [7, 11) is 1.29. The van der Waals surface area contributed by atoms with Gasteiger partial charge < -0.3 is 10.1 Å². The molecule has 1 heterocycles. The highest BCUT2D eigenvalue weighted by Gasteiger charge is 2.06. The van der Waals surface area contributed by atoms with Crippen LogP contribution in [0, 0.1) is 12.3 Å². The van der Waals surface area contributed by atoms with Crippen LogP contribution in [-0.2, 0) is 4.74 Å². The minimum absolute atomic E-state index is 0.181. The number of nitrogens with zero attached hydrogens (tertiary/aromatic N) is 2.